The zero-order valence-electron chi connectivity index (χ0n) is 21.7. The highest BCUT2D eigenvalue weighted by atomic mass is 16.5. The third-order valence-corrected chi connectivity index (χ3v) is 5.13. The first-order valence-corrected chi connectivity index (χ1v) is 12.6. The van der Waals surface area contributed by atoms with Crippen LogP contribution in [0.1, 0.15) is 73.1 Å². The maximum absolute atomic E-state index is 12.1. The van der Waals surface area contributed by atoms with E-state index in [0.29, 0.717) is 35.7 Å². The van der Waals surface area contributed by atoms with Crippen LogP contribution in [0.3, 0.4) is 0 Å². The maximum atomic E-state index is 12.1. The summed E-state index contributed by atoms with van der Waals surface area (Å²) < 4.78 is 15.1. The molecule has 204 valence electrons. The van der Waals surface area contributed by atoms with Crippen LogP contribution in [0.2, 0.25) is 0 Å². The smallest absolute Gasteiger partial charge is 0.338 e. The van der Waals surface area contributed by atoms with E-state index in [2.05, 4.69) is 10.6 Å². The number of unbranched alkanes of at least 4 members (excludes halogenated alkanes) is 1. The first kappa shape index (κ1) is 30.0. The third-order valence-electron chi connectivity index (χ3n) is 5.13. The predicted octanol–water partition coefficient (Wildman–Crippen LogP) is 4.50. The quantitative estimate of drug-likeness (QED) is 0.197. The fourth-order valence-corrected chi connectivity index (χ4v) is 3.08. The van der Waals surface area contributed by atoms with Gasteiger partial charge in [-0.15, -0.1) is 0 Å². The zero-order chi connectivity index (χ0) is 27.8. The molecule has 38 heavy (non-hydrogen) atoms. The molecule has 2 rings (SSSR count). The molecule has 10 heteroatoms. The molecule has 0 fully saturated rings. The minimum atomic E-state index is -0.604. The van der Waals surface area contributed by atoms with Crippen LogP contribution in [0.5, 0.6) is 0 Å². The Labute approximate surface area is 222 Å². The van der Waals surface area contributed by atoms with Crippen molar-refractivity contribution in [2.75, 3.05) is 30.5 Å². The number of esters is 3. The minimum absolute atomic E-state index is 0.0300. The van der Waals surface area contributed by atoms with Gasteiger partial charge in [-0.25, -0.2) is 9.59 Å². The summed E-state index contributed by atoms with van der Waals surface area (Å²) in [5.74, 6) is -2.28. The number of nitrogens with one attached hydrogen (secondary N) is 2. The Morgan fingerprint density at radius 3 is 1.66 bits per heavy atom. The minimum Gasteiger partial charge on any atom is -0.462 e. The largest absolute Gasteiger partial charge is 0.462 e. The first-order valence-electron chi connectivity index (χ1n) is 12.6. The number of anilines is 2. The van der Waals surface area contributed by atoms with E-state index in [1.165, 1.54) is 12.1 Å². The molecule has 2 amide bonds. The maximum Gasteiger partial charge on any atom is 0.338 e. The molecular formula is C28H34N2O8. The van der Waals surface area contributed by atoms with Gasteiger partial charge in [0.05, 0.1) is 24.3 Å². The number of carbonyl (C=O) groups is 5. The van der Waals surface area contributed by atoms with Crippen LogP contribution < -0.4 is 10.6 Å². The SMILES string of the molecule is CCCCOC(=O)c1ccc(NC(=O)CCCC(=O)OCC(=O)Nc2ccc(C(=O)OCCC)cc2)cc1. The molecule has 0 unspecified atom stereocenters. The second-order valence-electron chi connectivity index (χ2n) is 8.39. The van der Waals surface area contributed by atoms with Gasteiger partial charge in [0.25, 0.3) is 5.91 Å². The molecule has 0 spiro atoms. The molecule has 0 aliphatic rings. The van der Waals surface area contributed by atoms with Crippen molar-refractivity contribution >= 4 is 41.1 Å². The van der Waals surface area contributed by atoms with E-state index < -0.39 is 30.4 Å². The lowest BCUT2D eigenvalue weighted by Crippen LogP contribution is -2.21. The number of amides is 2. The predicted molar refractivity (Wildman–Crippen MR) is 141 cm³/mol. The molecule has 0 aliphatic carbocycles. The molecule has 0 bridgehead atoms. The van der Waals surface area contributed by atoms with Crippen molar-refractivity contribution in [3.63, 3.8) is 0 Å². The Balaban J connectivity index is 1.63. The Morgan fingerprint density at radius 2 is 1.13 bits per heavy atom. The van der Waals surface area contributed by atoms with Gasteiger partial charge in [-0.05, 0) is 67.8 Å². The van der Waals surface area contributed by atoms with Crippen molar-refractivity contribution in [3.8, 4) is 0 Å². The van der Waals surface area contributed by atoms with Crippen LogP contribution in [-0.2, 0) is 28.6 Å². The van der Waals surface area contributed by atoms with E-state index in [-0.39, 0.29) is 25.2 Å². The topological polar surface area (TPSA) is 137 Å². The van der Waals surface area contributed by atoms with E-state index >= 15 is 0 Å². The van der Waals surface area contributed by atoms with Crippen molar-refractivity contribution < 1.29 is 38.2 Å². The van der Waals surface area contributed by atoms with Gasteiger partial charge in [0.15, 0.2) is 6.61 Å². The second-order valence-corrected chi connectivity index (χ2v) is 8.39. The number of hydrogen-bond donors (Lipinski definition) is 2. The van der Waals surface area contributed by atoms with Crippen molar-refractivity contribution in [2.24, 2.45) is 0 Å². The lowest BCUT2D eigenvalue weighted by atomic mass is 10.2. The average molecular weight is 527 g/mol. The Kier molecular flexibility index (Phi) is 13.0. The summed E-state index contributed by atoms with van der Waals surface area (Å²) in [5.41, 5.74) is 1.72. The van der Waals surface area contributed by atoms with Crippen LogP contribution in [0, 0.1) is 0 Å². The van der Waals surface area contributed by atoms with Crippen molar-refractivity contribution in [2.45, 2.75) is 52.4 Å². The number of carbonyl (C=O) groups excluding carboxylic acids is 5. The van der Waals surface area contributed by atoms with Crippen molar-refractivity contribution in [3.05, 3.63) is 59.7 Å². The van der Waals surface area contributed by atoms with Gasteiger partial charge in [0.2, 0.25) is 5.91 Å². The molecule has 0 aliphatic heterocycles. The Bertz CT molecular complexity index is 1080. The number of rotatable bonds is 15. The van der Waals surface area contributed by atoms with Gasteiger partial charge in [-0.1, -0.05) is 20.3 Å². The molecule has 0 saturated heterocycles. The normalized spacial score (nSPS) is 10.3. The highest BCUT2D eigenvalue weighted by Crippen LogP contribution is 2.13. The Hall–Kier alpha value is -4.21. The highest BCUT2D eigenvalue weighted by Gasteiger charge is 2.12. The van der Waals surface area contributed by atoms with E-state index in [0.717, 1.165) is 19.3 Å². The van der Waals surface area contributed by atoms with Gasteiger partial charge < -0.3 is 24.8 Å². The lowest BCUT2D eigenvalue weighted by Gasteiger charge is -2.08. The molecule has 0 radical (unpaired) electrons. The van der Waals surface area contributed by atoms with Crippen LogP contribution in [0.25, 0.3) is 0 Å². The van der Waals surface area contributed by atoms with Gasteiger partial charge in [-0.3, -0.25) is 14.4 Å². The van der Waals surface area contributed by atoms with E-state index in [4.69, 9.17) is 14.2 Å². The van der Waals surface area contributed by atoms with E-state index in [9.17, 15) is 24.0 Å². The molecule has 10 nitrogen and oxygen atoms in total. The molecule has 2 aromatic rings. The fourth-order valence-electron chi connectivity index (χ4n) is 3.08. The van der Waals surface area contributed by atoms with Gasteiger partial charge in [0, 0.05) is 24.2 Å². The standard InChI is InChI=1S/C28H34N2O8/c1-3-5-18-37-28(35)21-9-13-22(14-10-21)29-24(31)7-6-8-26(33)38-19-25(32)30-23-15-11-20(12-16-23)27(34)36-17-4-2/h9-16H,3-8,17-19H2,1-2H3,(H,29,31)(H,30,32). The third kappa shape index (κ3) is 11.2. The number of ether oxygens (including phenoxy) is 3. The zero-order valence-corrected chi connectivity index (χ0v) is 21.7. The number of hydrogen-bond acceptors (Lipinski definition) is 8. The van der Waals surface area contributed by atoms with Gasteiger partial charge >= 0.3 is 17.9 Å². The summed E-state index contributed by atoms with van der Waals surface area (Å²) in [4.78, 5) is 59.8. The molecular weight excluding hydrogens is 492 g/mol. The van der Waals surface area contributed by atoms with Gasteiger partial charge in [-0.2, -0.15) is 0 Å². The summed E-state index contributed by atoms with van der Waals surface area (Å²) in [5, 5.41) is 5.27. The molecule has 0 atom stereocenters. The summed E-state index contributed by atoms with van der Waals surface area (Å²) in [6.45, 7) is 4.13. The summed E-state index contributed by atoms with van der Waals surface area (Å²) in [7, 11) is 0. The van der Waals surface area contributed by atoms with Crippen LogP contribution in [0.15, 0.2) is 48.5 Å². The van der Waals surface area contributed by atoms with Crippen molar-refractivity contribution in [1.29, 1.82) is 0 Å². The first-order chi connectivity index (χ1) is 18.3. The number of benzene rings is 2. The summed E-state index contributed by atoms with van der Waals surface area (Å²) >= 11 is 0. The summed E-state index contributed by atoms with van der Waals surface area (Å²) in [6.07, 6.45) is 2.74. The summed E-state index contributed by atoms with van der Waals surface area (Å²) in [6, 6.07) is 12.5. The molecule has 0 heterocycles. The van der Waals surface area contributed by atoms with Crippen LogP contribution in [-0.4, -0.2) is 49.5 Å². The average Bonchev–Trinajstić information content (AvgIpc) is 2.91. The monoisotopic (exact) mass is 526 g/mol. The molecule has 2 aromatic carbocycles. The molecule has 2 N–H and O–H groups in total. The molecule has 0 saturated carbocycles. The van der Waals surface area contributed by atoms with Gasteiger partial charge in [0.1, 0.15) is 0 Å². The Morgan fingerprint density at radius 1 is 0.605 bits per heavy atom. The highest BCUT2D eigenvalue weighted by molar-refractivity contribution is 5.95. The van der Waals surface area contributed by atoms with Crippen LogP contribution >= 0.6 is 0 Å². The lowest BCUT2D eigenvalue weighted by molar-refractivity contribution is -0.147. The van der Waals surface area contributed by atoms with Crippen LogP contribution in [0.4, 0.5) is 11.4 Å². The fraction of sp³-hybridized carbons (Fsp3) is 0.393. The second kappa shape index (κ2) is 16.5. The molecule has 0 aromatic heterocycles. The van der Waals surface area contributed by atoms with Crippen molar-refractivity contribution in [1.82, 2.24) is 0 Å². The van der Waals surface area contributed by atoms with E-state index in [1.807, 2.05) is 13.8 Å². The van der Waals surface area contributed by atoms with E-state index in [1.54, 1.807) is 36.4 Å².